The zero-order valence-electron chi connectivity index (χ0n) is 10.4. The SMILES string of the molecule is O=C(C=Cc1ccccc1)C1OC1c1ccccc1. The lowest BCUT2D eigenvalue weighted by Crippen LogP contribution is -2.03. The van der Waals surface area contributed by atoms with E-state index in [-0.39, 0.29) is 18.0 Å². The fourth-order valence-electron chi connectivity index (χ4n) is 2.06. The van der Waals surface area contributed by atoms with E-state index < -0.39 is 0 Å². The highest BCUT2D eigenvalue weighted by Crippen LogP contribution is 2.39. The van der Waals surface area contributed by atoms with Gasteiger partial charge >= 0.3 is 0 Å². The molecule has 0 saturated carbocycles. The van der Waals surface area contributed by atoms with Gasteiger partial charge in [-0.15, -0.1) is 0 Å². The number of rotatable bonds is 4. The summed E-state index contributed by atoms with van der Waals surface area (Å²) in [7, 11) is 0. The number of hydrogen-bond donors (Lipinski definition) is 0. The Kier molecular flexibility index (Phi) is 3.25. The van der Waals surface area contributed by atoms with Crippen LogP contribution in [-0.4, -0.2) is 11.9 Å². The number of hydrogen-bond acceptors (Lipinski definition) is 2. The van der Waals surface area contributed by atoms with Gasteiger partial charge in [0.05, 0.1) is 0 Å². The summed E-state index contributed by atoms with van der Waals surface area (Å²) in [5, 5.41) is 0. The van der Waals surface area contributed by atoms with Crippen LogP contribution in [0.15, 0.2) is 66.7 Å². The molecule has 0 aliphatic carbocycles. The molecule has 1 aliphatic rings. The van der Waals surface area contributed by atoms with Crippen molar-refractivity contribution in [3.8, 4) is 0 Å². The van der Waals surface area contributed by atoms with Gasteiger partial charge in [0.1, 0.15) is 6.10 Å². The first-order valence-corrected chi connectivity index (χ1v) is 6.32. The van der Waals surface area contributed by atoms with Gasteiger partial charge in [-0.2, -0.15) is 0 Å². The minimum absolute atomic E-state index is 0.0257. The number of ketones is 1. The molecule has 19 heavy (non-hydrogen) atoms. The Morgan fingerprint density at radius 2 is 1.58 bits per heavy atom. The summed E-state index contributed by atoms with van der Waals surface area (Å²) >= 11 is 0. The summed E-state index contributed by atoms with van der Waals surface area (Å²) in [4.78, 5) is 12.0. The lowest BCUT2D eigenvalue weighted by atomic mass is 10.1. The monoisotopic (exact) mass is 250 g/mol. The Labute approximate surface area is 112 Å². The fourth-order valence-corrected chi connectivity index (χ4v) is 2.06. The fraction of sp³-hybridized carbons (Fsp3) is 0.118. The molecule has 2 aromatic carbocycles. The van der Waals surface area contributed by atoms with E-state index in [1.54, 1.807) is 6.08 Å². The van der Waals surface area contributed by atoms with Gasteiger partial charge in [0.15, 0.2) is 11.9 Å². The third kappa shape index (κ3) is 2.80. The molecule has 2 aromatic rings. The molecule has 0 bridgehead atoms. The molecule has 1 saturated heterocycles. The zero-order valence-corrected chi connectivity index (χ0v) is 10.4. The number of ether oxygens (including phenoxy) is 1. The highest BCUT2D eigenvalue weighted by atomic mass is 16.6. The first-order valence-electron chi connectivity index (χ1n) is 6.32. The molecular formula is C17H14O2. The van der Waals surface area contributed by atoms with Crippen molar-refractivity contribution in [3.05, 3.63) is 77.9 Å². The molecule has 2 atom stereocenters. The summed E-state index contributed by atoms with van der Waals surface area (Å²) < 4.78 is 5.45. The molecule has 3 rings (SSSR count). The number of benzene rings is 2. The number of epoxide rings is 1. The van der Waals surface area contributed by atoms with E-state index in [2.05, 4.69) is 0 Å². The van der Waals surface area contributed by atoms with Crippen LogP contribution in [0.4, 0.5) is 0 Å². The number of carbonyl (C=O) groups excluding carboxylic acids is 1. The third-order valence-electron chi connectivity index (χ3n) is 3.14. The Morgan fingerprint density at radius 3 is 2.26 bits per heavy atom. The van der Waals surface area contributed by atoms with Crippen molar-refractivity contribution in [1.29, 1.82) is 0 Å². The Morgan fingerprint density at radius 1 is 0.947 bits per heavy atom. The van der Waals surface area contributed by atoms with Crippen molar-refractivity contribution in [2.24, 2.45) is 0 Å². The van der Waals surface area contributed by atoms with Crippen molar-refractivity contribution >= 4 is 11.9 Å². The normalized spacial score (nSPS) is 21.5. The predicted octanol–water partition coefficient (Wildman–Crippen LogP) is 3.41. The molecule has 2 heteroatoms. The van der Waals surface area contributed by atoms with Crippen molar-refractivity contribution in [2.45, 2.75) is 12.2 Å². The van der Waals surface area contributed by atoms with Gasteiger partial charge in [-0.05, 0) is 17.2 Å². The average Bonchev–Trinajstić information content (AvgIpc) is 3.27. The maximum atomic E-state index is 12.0. The minimum Gasteiger partial charge on any atom is -0.356 e. The zero-order chi connectivity index (χ0) is 13.1. The second-order valence-corrected chi connectivity index (χ2v) is 4.53. The molecule has 1 heterocycles. The van der Waals surface area contributed by atoms with Gasteiger partial charge in [0.25, 0.3) is 0 Å². The maximum absolute atomic E-state index is 12.0. The van der Waals surface area contributed by atoms with Gasteiger partial charge < -0.3 is 4.74 Å². The van der Waals surface area contributed by atoms with Gasteiger partial charge in [0.2, 0.25) is 0 Å². The van der Waals surface area contributed by atoms with Crippen molar-refractivity contribution in [1.82, 2.24) is 0 Å². The topological polar surface area (TPSA) is 29.6 Å². The molecular weight excluding hydrogens is 236 g/mol. The molecule has 0 amide bonds. The largest absolute Gasteiger partial charge is 0.356 e. The van der Waals surface area contributed by atoms with E-state index in [0.29, 0.717) is 0 Å². The minimum atomic E-state index is -0.317. The molecule has 0 spiro atoms. The molecule has 94 valence electrons. The molecule has 1 fully saturated rings. The van der Waals surface area contributed by atoms with Gasteiger partial charge in [-0.3, -0.25) is 4.79 Å². The van der Waals surface area contributed by atoms with Crippen LogP contribution < -0.4 is 0 Å². The molecule has 0 radical (unpaired) electrons. The summed E-state index contributed by atoms with van der Waals surface area (Å²) in [5.41, 5.74) is 2.08. The summed E-state index contributed by atoms with van der Waals surface area (Å²) in [6.07, 6.45) is 3.03. The van der Waals surface area contributed by atoms with Crippen LogP contribution in [0.25, 0.3) is 6.08 Å². The van der Waals surface area contributed by atoms with E-state index in [0.717, 1.165) is 11.1 Å². The van der Waals surface area contributed by atoms with E-state index in [9.17, 15) is 4.79 Å². The van der Waals surface area contributed by atoms with Crippen LogP contribution >= 0.6 is 0 Å². The molecule has 2 unspecified atom stereocenters. The highest BCUT2D eigenvalue weighted by molar-refractivity contribution is 5.99. The Hall–Kier alpha value is -2.19. The molecule has 2 nitrogen and oxygen atoms in total. The number of carbonyl (C=O) groups is 1. The van der Waals surface area contributed by atoms with Crippen LogP contribution in [0.5, 0.6) is 0 Å². The molecule has 0 N–H and O–H groups in total. The quantitative estimate of drug-likeness (QED) is 0.614. The maximum Gasteiger partial charge on any atom is 0.187 e. The lowest BCUT2D eigenvalue weighted by molar-refractivity contribution is -0.115. The Balaban J connectivity index is 1.63. The second-order valence-electron chi connectivity index (χ2n) is 4.53. The third-order valence-corrected chi connectivity index (χ3v) is 3.14. The summed E-state index contributed by atoms with van der Waals surface area (Å²) in [6.45, 7) is 0. The molecule has 0 aromatic heterocycles. The van der Waals surface area contributed by atoms with Crippen LogP contribution in [0.3, 0.4) is 0 Å². The highest BCUT2D eigenvalue weighted by Gasteiger charge is 2.44. The lowest BCUT2D eigenvalue weighted by Gasteiger charge is -1.93. The average molecular weight is 250 g/mol. The van der Waals surface area contributed by atoms with Gasteiger partial charge in [-0.25, -0.2) is 0 Å². The predicted molar refractivity (Wildman–Crippen MR) is 74.5 cm³/mol. The van der Waals surface area contributed by atoms with E-state index in [1.165, 1.54) is 0 Å². The van der Waals surface area contributed by atoms with Crippen LogP contribution in [0, 0.1) is 0 Å². The summed E-state index contributed by atoms with van der Waals surface area (Å²) in [5.74, 6) is 0.0257. The first-order chi connectivity index (χ1) is 9.34. The molecule has 1 aliphatic heterocycles. The van der Waals surface area contributed by atoms with E-state index in [4.69, 9.17) is 4.74 Å². The van der Waals surface area contributed by atoms with Crippen molar-refractivity contribution < 1.29 is 9.53 Å². The van der Waals surface area contributed by atoms with E-state index >= 15 is 0 Å². The van der Waals surface area contributed by atoms with Crippen LogP contribution in [0.2, 0.25) is 0 Å². The van der Waals surface area contributed by atoms with Crippen molar-refractivity contribution in [3.63, 3.8) is 0 Å². The van der Waals surface area contributed by atoms with Gasteiger partial charge in [0, 0.05) is 0 Å². The van der Waals surface area contributed by atoms with Gasteiger partial charge in [-0.1, -0.05) is 66.7 Å². The van der Waals surface area contributed by atoms with Crippen molar-refractivity contribution in [2.75, 3.05) is 0 Å². The Bertz CT molecular complexity index is 587. The second kappa shape index (κ2) is 5.21. The smallest absolute Gasteiger partial charge is 0.187 e. The first kappa shape index (κ1) is 11.9. The van der Waals surface area contributed by atoms with E-state index in [1.807, 2.05) is 66.7 Å². The van der Waals surface area contributed by atoms with Crippen LogP contribution in [0.1, 0.15) is 17.2 Å². The summed E-state index contributed by atoms with van der Waals surface area (Å²) in [6, 6.07) is 19.6. The standard InChI is InChI=1S/C17H14O2/c18-15(12-11-13-7-3-1-4-8-13)17-16(19-17)14-9-5-2-6-10-14/h1-12,16-17H. The van der Waals surface area contributed by atoms with Crippen LogP contribution in [-0.2, 0) is 9.53 Å².